The predicted octanol–water partition coefficient (Wildman–Crippen LogP) is 2.02. The largest absolute Gasteiger partial charge is 0.392 e. The highest BCUT2D eigenvalue weighted by molar-refractivity contribution is 5.74. The molecule has 66 valence electrons. The fourth-order valence-corrected chi connectivity index (χ4v) is 0.702. The molecule has 0 saturated carbocycles. The van der Waals surface area contributed by atoms with Crippen LogP contribution < -0.4 is 0 Å². The number of hydrogen-bond donors (Lipinski definition) is 1. The number of carbonyl (C=O) groups is 1. The second-order valence-electron chi connectivity index (χ2n) is 2.02. The first kappa shape index (κ1) is 10.8. The summed E-state index contributed by atoms with van der Waals surface area (Å²) in [7, 11) is 0. The molecule has 1 aromatic carbocycles. The SMILES string of the molecule is CC.O=Cc1ccc(CO)cc1. The van der Waals surface area contributed by atoms with Crippen LogP contribution in [-0.4, -0.2) is 11.4 Å². The van der Waals surface area contributed by atoms with Gasteiger partial charge in [0.15, 0.2) is 0 Å². The third kappa shape index (κ3) is 3.30. The summed E-state index contributed by atoms with van der Waals surface area (Å²) < 4.78 is 0. The molecule has 0 unspecified atom stereocenters. The number of aldehydes is 1. The van der Waals surface area contributed by atoms with E-state index in [0.29, 0.717) is 5.56 Å². The maximum Gasteiger partial charge on any atom is 0.150 e. The average molecular weight is 166 g/mol. The Bertz CT molecular complexity index is 214. The molecule has 0 heterocycles. The lowest BCUT2D eigenvalue weighted by molar-refractivity contribution is 0.112. The smallest absolute Gasteiger partial charge is 0.150 e. The Hall–Kier alpha value is -1.15. The maximum atomic E-state index is 10.1. The van der Waals surface area contributed by atoms with E-state index < -0.39 is 0 Å². The molecule has 0 saturated heterocycles. The van der Waals surface area contributed by atoms with Crippen LogP contribution in [0.2, 0.25) is 0 Å². The monoisotopic (exact) mass is 166 g/mol. The normalized spacial score (nSPS) is 8.25. The average Bonchev–Trinajstić information content (AvgIpc) is 2.21. The van der Waals surface area contributed by atoms with Crippen LogP contribution in [0.1, 0.15) is 29.8 Å². The van der Waals surface area contributed by atoms with E-state index in [0.717, 1.165) is 11.8 Å². The first-order valence-corrected chi connectivity index (χ1v) is 4.02. The minimum atomic E-state index is 0.0269. The van der Waals surface area contributed by atoms with E-state index in [1.807, 2.05) is 13.8 Å². The molecule has 0 aliphatic carbocycles. The van der Waals surface area contributed by atoms with Crippen LogP contribution in [-0.2, 0) is 6.61 Å². The van der Waals surface area contributed by atoms with E-state index in [4.69, 9.17) is 5.11 Å². The molecular formula is C10H14O2. The van der Waals surface area contributed by atoms with Crippen LogP contribution in [0.25, 0.3) is 0 Å². The Morgan fingerprint density at radius 3 is 2.08 bits per heavy atom. The van der Waals surface area contributed by atoms with Gasteiger partial charge in [-0.1, -0.05) is 38.1 Å². The molecule has 1 aromatic rings. The zero-order valence-corrected chi connectivity index (χ0v) is 7.45. The highest BCUT2D eigenvalue weighted by atomic mass is 16.3. The zero-order chi connectivity index (χ0) is 9.40. The van der Waals surface area contributed by atoms with Gasteiger partial charge in [-0.15, -0.1) is 0 Å². The summed E-state index contributed by atoms with van der Waals surface area (Å²) in [4.78, 5) is 10.1. The fourth-order valence-electron chi connectivity index (χ4n) is 0.702. The van der Waals surface area contributed by atoms with E-state index in [1.54, 1.807) is 24.3 Å². The lowest BCUT2D eigenvalue weighted by atomic mass is 10.2. The Morgan fingerprint density at radius 1 is 1.25 bits per heavy atom. The highest BCUT2D eigenvalue weighted by Gasteiger charge is 1.89. The molecule has 0 spiro atoms. The standard InChI is InChI=1S/C8H8O2.C2H6/c9-5-7-1-2-8(6-10)4-3-7;1-2/h1-5,10H,6H2;1-2H3. The summed E-state index contributed by atoms with van der Waals surface area (Å²) in [6.45, 7) is 4.03. The molecule has 1 N–H and O–H groups in total. The first-order valence-electron chi connectivity index (χ1n) is 4.02. The molecule has 0 amide bonds. The Labute approximate surface area is 72.9 Å². The first-order chi connectivity index (χ1) is 5.86. The van der Waals surface area contributed by atoms with Crippen LogP contribution in [0, 0.1) is 0 Å². The number of benzene rings is 1. The molecule has 0 bridgehead atoms. The fraction of sp³-hybridized carbons (Fsp3) is 0.300. The molecule has 0 aliphatic rings. The van der Waals surface area contributed by atoms with Gasteiger partial charge in [0.05, 0.1) is 6.61 Å². The topological polar surface area (TPSA) is 37.3 Å². The van der Waals surface area contributed by atoms with Crippen molar-refractivity contribution in [2.75, 3.05) is 0 Å². The van der Waals surface area contributed by atoms with Gasteiger partial charge in [0.2, 0.25) is 0 Å². The third-order valence-electron chi connectivity index (χ3n) is 1.30. The minimum absolute atomic E-state index is 0.0269. The van der Waals surface area contributed by atoms with Gasteiger partial charge in [-0.25, -0.2) is 0 Å². The van der Waals surface area contributed by atoms with Crippen molar-refractivity contribution in [2.45, 2.75) is 20.5 Å². The van der Waals surface area contributed by atoms with Crippen LogP contribution in [0.15, 0.2) is 24.3 Å². The van der Waals surface area contributed by atoms with Crippen molar-refractivity contribution in [1.29, 1.82) is 0 Å². The van der Waals surface area contributed by atoms with Gasteiger partial charge in [0.25, 0.3) is 0 Å². The number of hydrogen-bond acceptors (Lipinski definition) is 2. The summed E-state index contributed by atoms with van der Waals surface area (Å²) in [5, 5.41) is 8.61. The van der Waals surface area contributed by atoms with Crippen molar-refractivity contribution in [3.05, 3.63) is 35.4 Å². The van der Waals surface area contributed by atoms with Crippen molar-refractivity contribution in [2.24, 2.45) is 0 Å². The number of aliphatic hydroxyl groups is 1. The summed E-state index contributed by atoms with van der Waals surface area (Å²) in [5.74, 6) is 0. The van der Waals surface area contributed by atoms with Gasteiger partial charge in [-0.05, 0) is 5.56 Å². The number of aliphatic hydroxyl groups excluding tert-OH is 1. The van der Waals surface area contributed by atoms with Crippen LogP contribution in [0.3, 0.4) is 0 Å². The molecule has 0 aromatic heterocycles. The van der Waals surface area contributed by atoms with Crippen LogP contribution in [0.5, 0.6) is 0 Å². The Morgan fingerprint density at radius 2 is 1.75 bits per heavy atom. The lowest BCUT2D eigenvalue weighted by Crippen LogP contribution is -1.83. The highest BCUT2D eigenvalue weighted by Crippen LogP contribution is 2.01. The van der Waals surface area contributed by atoms with E-state index in [9.17, 15) is 4.79 Å². The third-order valence-corrected chi connectivity index (χ3v) is 1.30. The van der Waals surface area contributed by atoms with Crippen LogP contribution >= 0.6 is 0 Å². The summed E-state index contributed by atoms with van der Waals surface area (Å²) in [6, 6.07) is 6.81. The number of carbonyl (C=O) groups excluding carboxylic acids is 1. The molecule has 1 rings (SSSR count). The van der Waals surface area contributed by atoms with Crippen LogP contribution in [0.4, 0.5) is 0 Å². The van der Waals surface area contributed by atoms with Gasteiger partial charge in [0, 0.05) is 5.56 Å². The minimum Gasteiger partial charge on any atom is -0.392 e. The molecule has 0 radical (unpaired) electrons. The molecule has 0 aliphatic heterocycles. The van der Waals surface area contributed by atoms with E-state index in [2.05, 4.69) is 0 Å². The molecular weight excluding hydrogens is 152 g/mol. The molecule has 2 heteroatoms. The van der Waals surface area contributed by atoms with E-state index in [1.165, 1.54) is 0 Å². The van der Waals surface area contributed by atoms with E-state index in [-0.39, 0.29) is 6.61 Å². The van der Waals surface area contributed by atoms with Gasteiger partial charge in [-0.2, -0.15) is 0 Å². The summed E-state index contributed by atoms with van der Waals surface area (Å²) in [6.07, 6.45) is 0.779. The second-order valence-corrected chi connectivity index (χ2v) is 2.02. The molecule has 0 atom stereocenters. The van der Waals surface area contributed by atoms with Crippen molar-refractivity contribution in [3.63, 3.8) is 0 Å². The van der Waals surface area contributed by atoms with Crippen molar-refractivity contribution >= 4 is 6.29 Å². The van der Waals surface area contributed by atoms with Gasteiger partial charge >= 0.3 is 0 Å². The zero-order valence-electron chi connectivity index (χ0n) is 7.45. The Balaban J connectivity index is 0.000000561. The molecule has 0 fully saturated rings. The predicted molar refractivity (Wildman–Crippen MR) is 49.1 cm³/mol. The molecule has 12 heavy (non-hydrogen) atoms. The van der Waals surface area contributed by atoms with Gasteiger partial charge in [-0.3, -0.25) is 4.79 Å². The Kier molecular flexibility index (Phi) is 5.93. The van der Waals surface area contributed by atoms with Gasteiger partial charge < -0.3 is 5.11 Å². The van der Waals surface area contributed by atoms with Crippen molar-refractivity contribution < 1.29 is 9.90 Å². The van der Waals surface area contributed by atoms with Crippen molar-refractivity contribution in [1.82, 2.24) is 0 Å². The summed E-state index contributed by atoms with van der Waals surface area (Å²) >= 11 is 0. The van der Waals surface area contributed by atoms with E-state index >= 15 is 0 Å². The summed E-state index contributed by atoms with van der Waals surface area (Å²) in [5.41, 5.74) is 1.46. The van der Waals surface area contributed by atoms with Crippen molar-refractivity contribution in [3.8, 4) is 0 Å². The quantitative estimate of drug-likeness (QED) is 0.682. The number of rotatable bonds is 2. The lowest BCUT2D eigenvalue weighted by Gasteiger charge is -1.93. The van der Waals surface area contributed by atoms with Gasteiger partial charge in [0.1, 0.15) is 6.29 Å². The maximum absolute atomic E-state index is 10.1. The second kappa shape index (κ2) is 6.55. The molecule has 2 nitrogen and oxygen atoms in total.